The summed E-state index contributed by atoms with van der Waals surface area (Å²) in [5, 5.41) is 34.5. The van der Waals surface area contributed by atoms with Crippen molar-refractivity contribution in [3.63, 3.8) is 0 Å². The van der Waals surface area contributed by atoms with Crippen molar-refractivity contribution >= 4 is 58.6 Å². The molecule has 3 aromatic rings. The number of fused-ring (bicyclic) bond motifs is 4. The molecule has 7 amide bonds. The number of aliphatic imine (C=N–C) groups is 1. The Bertz CT molecular complexity index is 2340. The normalized spacial score (nSPS) is 20.8. The van der Waals surface area contributed by atoms with Gasteiger partial charge in [-0.05, 0) is 61.1 Å². The zero-order valence-corrected chi connectivity index (χ0v) is 37.7. The molecule has 20 nitrogen and oxygen atoms in total. The molecule has 0 radical (unpaired) electrons. The van der Waals surface area contributed by atoms with Crippen LogP contribution in [-0.4, -0.2) is 124 Å². The summed E-state index contributed by atoms with van der Waals surface area (Å²) < 4.78 is 17.8. The Labute approximate surface area is 387 Å². The highest BCUT2D eigenvalue weighted by Gasteiger charge is 2.48. The lowest BCUT2D eigenvalue weighted by Crippen LogP contribution is -2.66. The molecule has 6 rings (SSSR count). The summed E-state index contributed by atoms with van der Waals surface area (Å²) >= 11 is 0. The number of ether oxygens (including phenoxy) is 3. The average Bonchev–Trinajstić information content (AvgIpc) is 3.57. The first kappa shape index (κ1) is 49.8. The number of nitrogens with zero attached hydrogens (tertiary/aromatic N) is 2. The van der Waals surface area contributed by atoms with E-state index < -0.39 is 90.9 Å². The second-order valence-corrected chi connectivity index (χ2v) is 16.9. The smallest absolute Gasteiger partial charge is 0.260 e. The minimum absolute atomic E-state index is 0.0546. The Morgan fingerprint density at radius 2 is 1.64 bits per heavy atom. The molecule has 3 aliphatic heterocycles. The number of carbonyl (C=O) groups is 7. The summed E-state index contributed by atoms with van der Waals surface area (Å²) in [5.74, 6) is -3.71. The van der Waals surface area contributed by atoms with Gasteiger partial charge in [-0.25, -0.2) is 4.99 Å². The first-order valence-electron chi connectivity index (χ1n) is 22.2. The molecule has 3 heterocycles. The van der Waals surface area contributed by atoms with Gasteiger partial charge in [0, 0.05) is 37.6 Å². The van der Waals surface area contributed by atoms with Crippen molar-refractivity contribution < 1.29 is 58.0 Å². The molecule has 9 N–H and O–H groups in total. The maximum Gasteiger partial charge on any atom is 0.260 e. The van der Waals surface area contributed by atoms with Crippen LogP contribution in [0, 0.1) is 5.92 Å². The number of rotatable bonds is 21. The molecule has 358 valence electrons. The zero-order chi connectivity index (χ0) is 48.4. The van der Waals surface area contributed by atoms with Gasteiger partial charge in [-0.15, -0.1) is 0 Å². The van der Waals surface area contributed by atoms with Crippen LogP contribution in [0.1, 0.15) is 80.4 Å². The SMILES string of the molecule is CC(=O)NC1C(OCc2ccccc2)OC(CO)C(O)C1OC(C)C(=O)N[C@H](C(=O)N[C@@H](CCC(=O)NCCCC(=O)Nc1ccc2c(c1)CN1C(=O)c3ccccc3C1=N2)C(N)=O)C(C)C. The molecule has 0 aromatic heterocycles. The zero-order valence-electron chi connectivity index (χ0n) is 37.7. The van der Waals surface area contributed by atoms with Gasteiger partial charge in [0.2, 0.25) is 35.4 Å². The van der Waals surface area contributed by atoms with Crippen molar-refractivity contribution in [1.82, 2.24) is 26.2 Å². The van der Waals surface area contributed by atoms with E-state index in [1.54, 1.807) is 43.0 Å². The molecular formula is C47H58N8O12. The van der Waals surface area contributed by atoms with Crippen LogP contribution in [0.2, 0.25) is 0 Å². The van der Waals surface area contributed by atoms with E-state index in [0.29, 0.717) is 35.7 Å². The Hall–Kier alpha value is -6.58. The van der Waals surface area contributed by atoms with Crippen LogP contribution in [0.3, 0.4) is 0 Å². The number of aliphatic hydroxyl groups excluding tert-OH is 2. The molecule has 0 bridgehead atoms. The average molecular weight is 927 g/mol. The fourth-order valence-electron chi connectivity index (χ4n) is 7.93. The first-order chi connectivity index (χ1) is 32.0. The van der Waals surface area contributed by atoms with Gasteiger partial charge >= 0.3 is 0 Å². The summed E-state index contributed by atoms with van der Waals surface area (Å²) in [7, 11) is 0. The number of carbonyl (C=O) groups excluding carboxylic acids is 7. The molecule has 3 aromatic carbocycles. The van der Waals surface area contributed by atoms with Gasteiger partial charge in [0.1, 0.15) is 48.4 Å². The second kappa shape index (κ2) is 22.7. The Morgan fingerprint density at radius 1 is 0.925 bits per heavy atom. The number of anilines is 1. The Morgan fingerprint density at radius 3 is 2.33 bits per heavy atom. The lowest BCUT2D eigenvalue weighted by molar-refractivity contribution is -0.283. The van der Waals surface area contributed by atoms with Crippen LogP contribution in [0.4, 0.5) is 11.4 Å². The maximum atomic E-state index is 13.6. The van der Waals surface area contributed by atoms with Crippen LogP contribution >= 0.6 is 0 Å². The quantitative estimate of drug-likeness (QED) is 0.0696. The van der Waals surface area contributed by atoms with Gasteiger partial charge in [-0.1, -0.05) is 62.4 Å². The number of hydrogen-bond donors (Lipinski definition) is 8. The molecule has 1 saturated heterocycles. The summed E-state index contributed by atoms with van der Waals surface area (Å²) in [6.07, 6.45) is -6.51. The minimum Gasteiger partial charge on any atom is -0.394 e. The third-order valence-corrected chi connectivity index (χ3v) is 11.5. The van der Waals surface area contributed by atoms with Gasteiger partial charge < -0.3 is 56.7 Å². The predicted molar refractivity (Wildman–Crippen MR) is 242 cm³/mol. The van der Waals surface area contributed by atoms with Crippen molar-refractivity contribution in [2.24, 2.45) is 16.6 Å². The van der Waals surface area contributed by atoms with Gasteiger partial charge in [0.05, 0.1) is 31.0 Å². The number of hydrogen-bond acceptors (Lipinski definition) is 13. The number of amides is 7. The molecular weight excluding hydrogens is 869 g/mol. The monoisotopic (exact) mass is 926 g/mol. The van der Waals surface area contributed by atoms with Crippen LogP contribution in [0.5, 0.6) is 0 Å². The molecule has 8 atom stereocenters. The molecule has 20 heteroatoms. The highest BCUT2D eigenvalue weighted by molar-refractivity contribution is 6.24. The van der Waals surface area contributed by atoms with Crippen molar-refractivity contribution in [3.8, 4) is 0 Å². The number of nitrogens with one attached hydrogen (secondary N) is 5. The maximum absolute atomic E-state index is 13.6. The minimum atomic E-state index is -1.51. The van der Waals surface area contributed by atoms with Crippen LogP contribution in [0.25, 0.3) is 0 Å². The lowest BCUT2D eigenvalue weighted by atomic mass is 9.96. The molecule has 3 aliphatic rings. The van der Waals surface area contributed by atoms with Gasteiger partial charge in [-0.2, -0.15) is 0 Å². The second-order valence-electron chi connectivity index (χ2n) is 16.9. The van der Waals surface area contributed by atoms with Crippen molar-refractivity contribution in [3.05, 3.63) is 95.1 Å². The number of aliphatic hydroxyl groups is 2. The standard InChI is InChI=1S/C47H58N8O12/c1-25(2)38(54-44(62)26(3)66-41-39(50-27(4)57)47(67-35(23-56)40(41)60)65-24-28-11-6-5-7-12-28)45(63)53-34(42(48)61)18-19-36(58)49-20-10-15-37(59)51-30-16-17-33-29(21-30)22-55-43(52-33)31-13-8-9-14-32(31)46(55)64/h5-9,11-14,16-17,21,25-26,34-35,38-41,47,56,60H,10,15,18-20,22-24H2,1-4H3,(H2,48,61)(H,49,58)(H,50,57)(H,51,59)(H,53,63)(H,54,62)/t26?,34-,35?,38-,39?,40?,41?,47?/m0/s1. The summed E-state index contributed by atoms with van der Waals surface area (Å²) in [6, 6.07) is 18.1. The fourth-order valence-corrected chi connectivity index (χ4v) is 7.93. The van der Waals surface area contributed by atoms with E-state index in [0.717, 1.165) is 16.7 Å². The third-order valence-electron chi connectivity index (χ3n) is 11.5. The van der Waals surface area contributed by atoms with E-state index in [9.17, 15) is 43.8 Å². The predicted octanol–water partition coefficient (Wildman–Crippen LogP) is 1.03. The van der Waals surface area contributed by atoms with E-state index in [1.165, 1.54) is 13.8 Å². The fraction of sp³-hybridized carbons (Fsp3) is 0.447. The van der Waals surface area contributed by atoms with E-state index in [-0.39, 0.29) is 44.2 Å². The van der Waals surface area contributed by atoms with Gasteiger partial charge in [0.25, 0.3) is 5.91 Å². The van der Waals surface area contributed by atoms with E-state index in [4.69, 9.17) is 24.9 Å². The van der Waals surface area contributed by atoms with Gasteiger partial charge in [-0.3, -0.25) is 38.5 Å². The van der Waals surface area contributed by atoms with Gasteiger partial charge in [0.15, 0.2) is 6.29 Å². The largest absolute Gasteiger partial charge is 0.394 e. The third kappa shape index (κ3) is 12.7. The lowest BCUT2D eigenvalue weighted by Gasteiger charge is -2.44. The Balaban J connectivity index is 0.948. The number of benzene rings is 3. The highest BCUT2D eigenvalue weighted by Crippen LogP contribution is 2.35. The Kier molecular flexibility index (Phi) is 16.9. The van der Waals surface area contributed by atoms with Crippen molar-refractivity contribution in [2.75, 3.05) is 18.5 Å². The van der Waals surface area contributed by atoms with E-state index in [1.807, 2.05) is 48.5 Å². The number of nitrogens with two attached hydrogens (primary N) is 1. The first-order valence-corrected chi connectivity index (χ1v) is 22.2. The topological polar surface area (TPSA) is 289 Å². The van der Waals surface area contributed by atoms with Crippen LogP contribution < -0.4 is 32.3 Å². The molecule has 0 aliphatic carbocycles. The van der Waals surface area contributed by atoms with E-state index in [2.05, 4.69) is 26.6 Å². The van der Waals surface area contributed by atoms with Crippen LogP contribution in [-0.2, 0) is 56.1 Å². The molecule has 1 fully saturated rings. The molecule has 0 spiro atoms. The summed E-state index contributed by atoms with van der Waals surface area (Å²) in [4.78, 5) is 96.5. The number of amidine groups is 1. The molecule has 6 unspecified atom stereocenters. The molecule has 67 heavy (non-hydrogen) atoms. The number of primary amides is 1. The highest BCUT2D eigenvalue weighted by atomic mass is 16.7. The summed E-state index contributed by atoms with van der Waals surface area (Å²) in [6.45, 7) is 5.83. The summed E-state index contributed by atoms with van der Waals surface area (Å²) in [5.41, 5.74) is 9.81. The van der Waals surface area contributed by atoms with Crippen molar-refractivity contribution in [1.29, 1.82) is 0 Å². The van der Waals surface area contributed by atoms with Crippen molar-refractivity contribution in [2.45, 2.75) is 115 Å². The molecule has 0 saturated carbocycles. The van der Waals surface area contributed by atoms with E-state index >= 15 is 0 Å². The van der Waals surface area contributed by atoms with Crippen LogP contribution in [0.15, 0.2) is 77.8 Å².